The zero-order chi connectivity index (χ0) is 14.6. The van der Waals surface area contributed by atoms with Crippen molar-refractivity contribution in [2.75, 3.05) is 0 Å². The maximum atomic E-state index is 11.2. The smallest absolute Gasteiger partial charge is 0.329 e. The highest BCUT2D eigenvalue weighted by atomic mass is 16.4. The van der Waals surface area contributed by atoms with E-state index in [-0.39, 0.29) is 6.42 Å². The molecule has 2 N–H and O–H groups in total. The topological polar surface area (TPSA) is 71.3 Å². The van der Waals surface area contributed by atoms with Gasteiger partial charge in [0.2, 0.25) is 6.41 Å². The van der Waals surface area contributed by atoms with Gasteiger partial charge in [-0.2, -0.15) is 0 Å². The second-order valence-corrected chi connectivity index (χ2v) is 4.83. The van der Waals surface area contributed by atoms with Gasteiger partial charge >= 0.3 is 5.97 Å². The first kappa shape index (κ1) is 13.9. The van der Waals surface area contributed by atoms with Crippen LogP contribution in [0.4, 0.5) is 0 Å². The van der Waals surface area contributed by atoms with Crippen molar-refractivity contribution in [3.05, 3.63) is 54.4 Å². The van der Waals surface area contributed by atoms with E-state index in [0.29, 0.717) is 6.41 Å². The summed E-state index contributed by atoms with van der Waals surface area (Å²) in [6.07, 6.45) is 4.52. The molecule has 0 saturated carbocycles. The van der Waals surface area contributed by atoms with Crippen molar-refractivity contribution in [2.45, 2.75) is 18.9 Å². The number of hydrogen-bond acceptors (Lipinski definition) is 2. The Morgan fingerprint density at radius 1 is 1.30 bits per heavy atom. The highest BCUT2D eigenvalue weighted by molar-refractivity contribution is 5.81. The van der Waals surface area contributed by atoms with Gasteiger partial charge in [-0.15, -0.1) is 0 Å². The number of rotatable bonds is 6. The average Bonchev–Trinajstić information content (AvgIpc) is 2.93. The molecule has 2 aromatic rings. The summed E-state index contributed by atoms with van der Waals surface area (Å²) in [5.74, 6) is -1.06. The van der Waals surface area contributed by atoms with Crippen molar-refractivity contribution in [1.82, 2.24) is 9.88 Å². The van der Waals surface area contributed by atoms with Crippen LogP contribution < -0.4 is 5.32 Å². The summed E-state index contributed by atoms with van der Waals surface area (Å²) in [4.78, 5) is 21.8. The number of amides is 1. The third kappa shape index (κ3) is 2.88. The predicted molar refractivity (Wildman–Crippen MR) is 74.7 cm³/mol. The number of nitrogens with zero attached hydrogens (tertiary/aromatic N) is 1. The van der Waals surface area contributed by atoms with Gasteiger partial charge in [0, 0.05) is 24.5 Å². The number of carbonyl (C=O) groups excluding carboxylic acids is 1. The minimum Gasteiger partial charge on any atom is -0.480 e. The Kier molecular flexibility index (Phi) is 3.89. The fourth-order valence-electron chi connectivity index (χ4n) is 2.02. The van der Waals surface area contributed by atoms with Crippen molar-refractivity contribution >= 4 is 12.4 Å². The summed E-state index contributed by atoms with van der Waals surface area (Å²) in [6, 6.07) is 11.4. The Bertz CT molecular complexity index is 590. The van der Waals surface area contributed by atoms with Gasteiger partial charge in [-0.1, -0.05) is 12.1 Å². The maximum absolute atomic E-state index is 11.2. The molecule has 1 amide bonds. The van der Waals surface area contributed by atoms with Crippen LogP contribution in [-0.2, 0) is 16.0 Å². The van der Waals surface area contributed by atoms with E-state index in [1.807, 2.05) is 53.4 Å². The molecule has 0 unspecified atom stereocenters. The van der Waals surface area contributed by atoms with Crippen LogP contribution in [0.3, 0.4) is 0 Å². The lowest BCUT2D eigenvalue weighted by molar-refractivity contribution is -0.145. The second kappa shape index (κ2) is 5.61. The number of carbonyl (C=O) groups is 2. The normalized spacial score (nSPS) is 13.4. The summed E-state index contributed by atoms with van der Waals surface area (Å²) in [7, 11) is 0. The van der Waals surface area contributed by atoms with Gasteiger partial charge in [0.15, 0.2) is 0 Å². The Morgan fingerprint density at radius 3 is 2.40 bits per heavy atom. The molecule has 0 spiro atoms. The SMILES string of the molecule is C[C@@](Cc1ccc(-n2cccc2)cc1)(NC=O)C(=O)O. The molecular formula is C15H16N2O3. The monoisotopic (exact) mass is 272 g/mol. The van der Waals surface area contributed by atoms with E-state index >= 15 is 0 Å². The van der Waals surface area contributed by atoms with Gasteiger partial charge in [-0.05, 0) is 36.8 Å². The molecule has 2 rings (SSSR count). The number of hydrogen-bond donors (Lipinski definition) is 2. The van der Waals surface area contributed by atoms with Crippen molar-refractivity contribution in [1.29, 1.82) is 0 Å². The molecule has 1 aromatic carbocycles. The van der Waals surface area contributed by atoms with E-state index in [1.165, 1.54) is 6.92 Å². The van der Waals surface area contributed by atoms with Crippen molar-refractivity contribution in [3.8, 4) is 5.69 Å². The van der Waals surface area contributed by atoms with E-state index in [4.69, 9.17) is 0 Å². The van der Waals surface area contributed by atoms with Crippen LogP contribution in [0.15, 0.2) is 48.8 Å². The lowest BCUT2D eigenvalue weighted by Gasteiger charge is -2.24. The molecule has 0 radical (unpaired) electrons. The zero-order valence-electron chi connectivity index (χ0n) is 11.1. The average molecular weight is 272 g/mol. The number of benzene rings is 1. The van der Waals surface area contributed by atoms with Crippen LogP contribution in [0, 0.1) is 0 Å². The van der Waals surface area contributed by atoms with E-state index < -0.39 is 11.5 Å². The molecule has 0 aliphatic heterocycles. The minimum atomic E-state index is -1.29. The van der Waals surface area contributed by atoms with E-state index in [1.54, 1.807) is 0 Å². The first-order chi connectivity index (χ1) is 9.55. The summed E-state index contributed by atoms with van der Waals surface area (Å²) < 4.78 is 1.96. The molecule has 0 fully saturated rings. The van der Waals surface area contributed by atoms with E-state index in [9.17, 15) is 14.7 Å². The van der Waals surface area contributed by atoms with Crippen LogP contribution in [0.25, 0.3) is 5.69 Å². The summed E-state index contributed by atoms with van der Waals surface area (Å²) in [5.41, 5.74) is 0.552. The van der Waals surface area contributed by atoms with Crippen molar-refractivity contribution in [3.63, 3.8) is 0 Å². The zero-order valence-corrected chi connectivity index (χ0v) is 11.1. The quantitative estimate of drug-likeness (QED) is 0.785. The van der Waals surface area contributed by atoms with E-state index in [2.05, 4.69) is 5.32 Å². The molecule has 5 nitrogen and oxygen atoms in total. The second-order valence-electron chi connectivity index (χ2n) is 4.83. The molecule has 5 heteroatoms. The number of aromatic nitrogens is 1. The minimum absolute atomic E-state index is 0.229. The van der Waals surface area contributed by atoms with Crippen LogP contribution in [0.1, 0.15) is 12.5 Å². The Balaban J connectivity index is 2.18. The van der Waals surface area contributed by atoms with Crippen LogP contribution >= 0.6 is 0 Å². The van der Waals surface area contributed by atoms with Gasteiger partial charge in [0.25, 0.3) is 0 Å². The van der Waals surface area contributed by atoms with Crippen LogP contribution in [0.2, 0.25) is 0 Å². The molecule has 0 saturated heterocycles. The third-order valence-electron chi connectivity index (χ3n) is 3.25. The van der Waals surface area contributed by atoms with Crippen molar-refractivity contribution < 1.29 is 14.7 Å². The van der Waals surface area contributed by atoms with Crippen molar-refractivity contribution in [2.24, 2.45) is 0 Å². The summed E-state index contributed by atoms with van der Waals surface area (Å²) in [6.45, 7) is 1.49. The molecule has 0 bridgehead atoms. The lowest BCUT2D eigenvalue weighted by Crippen LogP contribution is -2.50. The molecule has 0 aliphatic carbocycles. The van der Waals surface area contributed by atoms with Gasteiger partial charge in [-0.25, -0.2) is 4.79 Å². The third-order valence-corrected chi connectivity index (χ3v) is 3.25. The largest absolute Gasteiger partial charge is 0.480 e. The number of carboxylic acids is 1. The van der Waals surface area contributed by atoms with Gasteiger partial charge in [0.1, 0.15) is 5.54 Å². The van der Waals surface area contributed by atoms with Gasteiger partial charge in [0.05, 0.1) is 0 Å². The predicted octanol–water partition coefficient (Wildman–Crippen LogP) is 1.61. The Hall–Kier alpha value is -2.56. The summed E-state index contributed by atoms with van der Waals surface area (Å²) >= 11 is 0. The molecule has 1 atom stereocenters. The molecule has 1 aromatic heterocycles. The maximum Gasteiger partial charge on any atom is 0.329 e. The standard InChI is InChI=1S/C15H16N2O3/c1-15(14(19)20,16-11-18)10-12-4-6-13(7-5-12)17-8-2-3-9-17/h2-9,11H,10H2,1H3,(H,16,18)(H,19,20)/t15-/m0/s1. The fraction of sp³-hybridized carbons (Fsp3) is 0.200. The highest BCUT2D eigenvalue weighted by Crippen LogP contribution is 2.16. The molecule has 20 heavy (non-hydrogen) atoms. The van der Waals surface area contributed by atoms with E-state index in [0.717, 1.165) is 11.3 Å². The number of nitrogens with one attached hydrogen (secondary N) is 1. The first-order valence-electron chi connectivity index (χ1n) is 6.22. The highest BCUT2D eigenvalue weighted by Gasteiger charge is 2.32. The fourth-order valence-corrected chi connectivity index (χ4v) is 2.02. The Morgan fingerprint density at radius 2 is 1.90 bits per heavy atom. The van der Waals surface area contributed by atoms with Crippen LogP contribution in [-0.4, -0.2) is 27.6 Å². The summed E-state index contributed by atoms with van der Waals surface area (Å²) in [5, 5.41) is 11.6. The van der Waals surface area contributed by atoms with Crippen LogP contribution in [0.5, 0.6) is 0 Å². The van der Waals surface area contributed by atoms with Gasteiger partial charge < -0.3 is 15.0 Å². The lowest BCUT2D eigenvalue weighted by atomic mass is 9.93. The molecule has 0 aliphatic rings. The number of aliphatic carboxylic acids is 1. The molecule has 1 heterocycles. The van der Waals surface area contributed by atoms with Gasteiger partial charge in [-0.3, -0.25) is 4.79 Å². The number of carboxylic acid groups (broad SMARTS) is 1. The first-order valence-corrected chi connectivity index (χ1v) is 6.22. The molecule has 104 valence electrons. The molecular weight excluding hydrogens is 256 g/mol. The Labute approximate surface area is 116 Å².